The number of carboxylic acids is 1. The highest BCUT2D eigenvalue weighted by Crippen LogP contribution is 2.30. The van der Waals surface area contributed by atoms with Crippen molar-refractivity contribution in [2.45, 2.75) is 47.1 Å². The van der Waals surface area contributed by atoms with Gasteiger partial charge in [0.1, 0.15) is 0 Å². The summed E-state index contributed by atoms with van der Waals surface area (Å²) in [6, 6.07) is 5.36. The number of carboxylic acid groups (broad SMARTS) is 1. The minimum Gasteiger partial charge on any atom is -0.481 e. The van der Waals surface area contributed by atoms with Gasteiger partial charge in [-0.2, -0.15) is 0 Å². The van der Waals surface area contributed by atoms with Gasteiger partial charge in [0.25, 0.3) is 0 Å². The smallest absolute Gasteiger partial charge is 0.319 e. The van der Waals surface area contributed by atoms with Crippen LogP contribution in [0.4, 0.5) is 10.5 Å². The maximum absolute atomic E-state index is 12.1. The molecular formula is C16H24N2O3. The van der Waals surface area contributed by atoms with Gasteiger partial charge in [0.05, 0.1) is 11.0 Å². The molecule has 0 aliphatic carbocycles. The molecule has 5 nitrogen and oxygen atoms in total. The first kappa shape index (κ1) is 17.0. The number of carbonyl (C=O) groups is 2. The van der Waals surface area contributed by atoms with Gasteiger partial charge in [0.15, 0.2) is 0 Å². The summed E-state index contributed by atoms with van der Waals surface area (Å²) in [6.45, 7) is 10.4. The largest absolute Gasteiger partial charge is 0.481 e. The number of nitrogens with one attached hydrogen (secondary N) is 2. The Balaban J connectivity index is 2.87. The van der Waals surface area contributed by atoms with E-state index >= 15 is 0 Å². The van der Waals surface area contributed by atoms with Crippen LogP contribution < -0.4 is 10.6 Å². The summed E-state index contributed by atoms with van der Waals surface area (Å²) in [7, 11) is 0. The van der Waals surface area contributed by atoms with E-state index in [0.29, 0.717) is 0 Å². The fourth-order valence-corrected chi connectivity index (χ4v) is 1.73. The van der Waals surface area contributed by atoms with Crippen molar-refractivity contribution < 1.29 is 14.7 Å². The molecule has 0 saturated heterocycles. The summed E-state index contributed by atoms with van der Waals surface area (Å²) in [5.41, 5.74) is 0.718. The third-order valence-electron chi connectivity index (χ3n) is 4.16. The van der Waals surface area contributed by atoms with Crippen LogP contribution in [0.2, 0.25) is 0 Å². The minimum atomic E-state index is -1.09. The molecule has 0 aliphatic heterocycles. The summed E-state index contributed by atoms with van der Waals surface area (Å²) < 4.78 is 0. The summed E-state index contributed by atoms with van der Waals surface area (Å²) in [5, 5.41) is 14.8. The Labute approximate surface area is 125 Å². The first-order valence-electron chi connectivity index (χ1n) is 6.87. The molecule has 1 aromatic rings. The van der Waals surface area contributed by atoms with Crippen molar-refractivity contribution in [3.63, 3.8) is 0 Å². The number of aliphatic carboxylic acids is 1. The van der Waals surface area contributed by atoms with Gasteiger partial charge in [-0.15, -0.1) is 0 Å². The van der Waals surface area contributed by atoms with Gasteiger partial charge in [-0.3, -0.25) is 4.79 Å². The zero-order valence-corrected chi connectivity index (χ0v) is 13.5. The van der Waals surface area contributed by atoms with Gasteiger partial charge in [-0.25, -0.2) is 4.79 Å². The second-order valence-corrected chi connectivity index (χ2v) is 6.45. The van der Waals surface area contributed by atoms with E-state index < -0.39 is 23.0 Å². The highest BCUT2D eigenvalue weighted by atomic mass is 16.4. The zero-order valence-electron chi connectivity index (χ0n) is 13.5. The van der Waals surface area contributed by atoms with E-state index in [4.69, 9.17) is 0 Å². The van der Waals surface area contributed by atoms with Gasteiger partial charge in [-0.1, -0.05) is 12.1 Å². The first-order valence-corrected chi connectivity index (χ1v) is 6.87. The van der Waals surface area contributed by atoms with E-state index in [9.17, 15) is 14.7 Å². The molecule has 0 fully saturated rings. The standard InChI is InChI=1S/C16H24N2O3/c1-10-7-8-11(2)12(9-10)17-14(21)18-16(5,6)15(3,4)13(19)20/h7-9H,1-6H3,(H,19,20)(H2,17,18,21). The molecule has 0 heterocycles. The molecule has 0 bridgehead atoms. The van der Waals surface area contributed by atoms with Crippen LogP contribution in [0.25, 0.3) is 0 Å². The fourth-order valence-electron chi connectivity index (χ4n) is 1.73. The molecule has 0 saturated carbocycles. The van der Waals surface area contributed by atoms with Crippen LogP contribution in [0.15, 0.2) is 18.2 Å². The van der Waals surface area contributed by atoms with Crippen LogP contribution >= 0.6 is 0 Å². The molecule has 0 unspecified atom stereocenters. The Morgan fingerprint density at radius 1 is 1.10 bits per heavy atom. The van der Waals surface area contributed by atoms with Crippen LogP contribution in [0.5, 0.6) is 0 Å². The SMILES string of the molecule is Cc1ccc(C)c(NC(=O)NC(C)(C)C(C)(C)C(=O)O)c1. The van der Waals surface area contributed by atoms with Gasteiger partial charge < -0.3 is 15.7 Å². The van der Waals surface area contributed by atoms with Crippen molar-refractivity contribution in [2.75, 3.05) is 5.32 Å². The van der Waals surface area contributed by atoms with Crippen molar-refractivity contribution >= 4 is 17.7 Å². The summed E-state index contributed by atoms with van der Waals surface area (Å²) in [5.74, 6) is -0.959. The molecule has 21 heavy (non-hydrogen) atoms. The lowest BCUT2D eigenvalue weighted by Gasteiger charge is -2.38. The number of carbonyl (C=O) groups excluding carboxylic acids is 1. The molecule has 0 aliphatic rings. The zero-order chi connectivity index (χ0) is 16.4. The molecule has 2 amide bonds. The van der Waals surface area contributed by atoms with Crippen LogP contribution in [-0.2, 0) is 4.79 Å². The topological polar surface area (TPSA) is 78.4 Å². The Kier molecular flexibility index (Phi) is 4.66. The number of urea groups is 1. The van der Waals surface area contributed by atoms with Crippen LogP contribution in [-0.4, -0.2) is 22.6 Å². The third-order valence-corrected chi connectivity index (χ3v) is 4.16. The number of hydrogen-bond donors (Lipinski definition) is 3. The van der Waals surface area contributed by atoms with E-state index in [1.54, 1.807) is 27.7 Å². The van der Waals surface area contributed by atoms with Gasteiger partial charge in [0.2, 0.25) is 0 Å². The van der Waals surface area contributed by atoms with E-state index in [0.717, 1.165) is 16.8 Å². The Morgan fingerprint density at radius 3 is 2.19 bits per heavy atom. The predicted molar refractivity (Wildman–Crippen MR) is 83.6 cm³/mol. The molecule has 0 atom stereocenters. The predicted octanol–water partition coefficient (Wildman–Crippen LogP) is 3.31. The summed E-state index contributed by atoms with van der Waals surface area (Å²) >= 11 is 0. The number of amides is 2. The van der Waals surface area contributed by atoms with E-state index in [-0.39, 0.29) is 0 Å². The molecule has 116 valence electrons. The molecule has 0 aromatic heterocycles. The van der Waals surface area contributed by atoms with E-state index in [1.165, 1.54) is 0 Å². The Bertz CT molecular complexity index is 563. The van der Waals surface area contributed by atoms with Crippen molar-refractivity contribution in [3.8, 4) is 0 Å². The van der Waals surface area contributed by atoms with Gasteiger partial charge in [0, 0.05) is 5.69 Å². The molecule has 5 heteroatoms. The normalized spacial score (nSPS) is 11.9. The lowest BCUT2D eigenvalue weighted by molar-refractivity contribution is -0.150. The molecule has 3 N–H and O–H groups in total. The third kappa shape index (κ3) is 3.74. The molecule has 0 radical (unpaired) electrons. The van der Waals surface area contributed by atoms with Crippen LogP contribution in [0.1, 0.15) is 38.8 Å². The number of anilines is 1. The maximum atomic E-state index is 12.1. The molecular weight excluding hydrogens is 268 g/mol. The number of rotatable bonds is 4. The highest BCUT2D eigenvalue weighted by Gasteiger charge is 2.44. The first-order chi connectivity index (χ1) is 9.47. The highest BCUT2D eigenvalue weighted by molar-refractivity contribution is 5.91. The average molecular weight is 292 g/mol. The quantitative estimate of drug-likeness (QED) is 0.796. The monoisotopic (exact) mass is 292 g/mol. The van der Waals surface area contributed by atoms with Crippen LogP contribution in [0, 0.1) is 19.3 Å². The Hall–Kier alpha value is -2.04. The second-order valence-electron chi connectivity index (χ2n) is 6.45. The molecule has 1 aromatic carbocycles. The second kappa shape index (κ2) is 5.76. The summed E-state index contributed by atoms with van der Waals surface area (Å²) in [6.07, 6.45) is 0. The number of hydrogen-bond acceptors (Lipinski definition) is 2. The average Bonchev–Trinajstić information content (AvgIpc) is 2.32. The van der Waals surface area contributed by atoms with Crippen LogP contribution in [0.3, 0.4) is 0 Å². The Morgan fingerprint density at radius 2 is 1.67 bits per heavy atom. The van der Waals surface area contributed by atoms with Crippen molar-refractivity contribution in [1.29, 1.82) is 0 Å². The van der Waals surface area contributed by atoms with E-state index in [1.807, 2.05) is 32.0 Å². The van der Waals surface area contributed by atoms with Crippen molar-refractivity contribution in [2.24, 2.45) is 5.41 Å². The van der Waals surface area contributed by atoms with E-state index in [2.05, 4.69) is 10.6 Å². The van der Waals surface area contributed by atoms with Gasteiger partial charge >= 0.3 is 12.0 Å². The lowest BCUT2D eigenvalue weighted by Crippen LogP contribution is -2.57. The van der Waals surface area contributed by atoms with Crippen molar-refractivity contribution in [3.05, 3.63) is 29.3 Å². The lowest BCUT2D eigenvalue weighted by atomic mass is 9.74. The molecule has 1 rings (SSSR count). The van der Waals surface area contributed by atoms with Gasteiger partial charge in [-0.05, 0) is 58.7 Å². The number of aryl methyl sites for hydroxylation is 2. The minimum absolute atomic E-state index is 0.414. The fraction of sp³-hybridized carbons (Fsp3) is 0.500. The number of benzene rings is 1. The summed E-state index contributed by atoms with van der Waals surface area (Å²) in [4.78, 5) is 23.5. The maximum Gasteiger partial charge on any atom is 0.319 e. The molecule has 0 spiro atoms. The van der Waals surface area contributed by atoms with Crippen molar-refractivity contribution in [1.82, 2.24) is 5.32 Å².